The number of thiol groups is 1. The van der Waals surface area contributed by atoms with Crippen LogP contribution in [0.1, 0.15) is 6.92 Å². The van der Waals surface area contributed by atoms with Gasteiger partial charge in [-0.15, -0.1) is 0 Å². The minimum absolute atomic E-state index is 0.125. The molecule has 1 fully saturated rings. The second kappa shape index (κ2) is 5.29. The number of carboxylic acid groups (broad SMARTS) is 1. The molecule has 0 spiro atoms. The molecule has 1 amide bonds. The molecule has 1 N–H and O–H groups in total. The first-order chi connectivity index (χ1) is 7.00. The topological polar surface area (TPSA) is 93.1 Å². The SMILES string of the molecule is CC(O[SH](=O)=O)[C@H]1CN(C(=O)O)CCO1. The minimum Gasteiger partial charge on any atom is -0.465 e. The molecule has 0 radical (unpaired) electrons. The van der Waals surface area contributed by atoms with Crippen LogP contribution in [0.4, 0.5) is 4.79 Å². The van der Waals surface area contributed by atoms with Crippen molar-refractivity contribution in [2.75, 3.05) is 19.7 Å². The number of ether oxygens (including phenoxy) is 1. The summed E-state index contributed by atoms with van der Waals surface area (Å²) in [5, 5.41) is 8.73. The van der Waals surface area contributed by atoms with Gasteiger partial charge < -0.3 is 14.7 Å². The van der Waals surface area contributed by atoms with E-state index in [0.717, 1.165) is 0 Å². The van der Waals surface area contributed by atoms with Crippen LogP contribution in [0.25, 0.3) is 0 Å². The summed E-state index contributed by atoms with van der Waals surface area (Å²) in [5.41, 5.74) is 0. The number of carbonyl (C=O) groups is 1. The zero-order valence-electron chi connectivity index (χ0n) is 8.16. The Morgan fingerprint density at radius 3 is 2.87 bits per heavy atom. The highest BCUT2D eigenvalue weighted by atomic mass is 32.2. The van der Waals surface area contributed by atoms with Crippen molar-refractivity contribution in [3.63, 3.8) is 0 Å². The van der Waals surface area contributed by atoms with E-state index in [1.54, 1.807) is 0 Å². The lowest BCUT2D eigenvalue weighted by Crippen LogP contribution is -2.49. The van der Waals surface area contributed by atoms with Crippen molar-refractivity contribution in [2.45, 2.75) is 19.1 Å². The van der Waals surface area contributed by atoms with Crippen LogP contribution < -0.4 is 0 Å². The molecule has 1 rings (SSSR count). The van der Waals surface area contributed by atoms with Gasteiger partial charge >= 0.3 is 6.09 Å². The zero-order chi connectivity index (χ0) is 11.4. The normalized spacial score (nSPS) is 24.1. The van der Waals surface area contributed by atoms with E-state index in [-0.39, 0.29) is 13.2 Å². The molecule has 0 aliphatic carbocycles. The van der Waals surface area contributed by atoms with Crippen LogP contribution in [-0.4, -0.2) is 56.4 Å². The fourth-order valence-electron chi connectivity index (χ4n) is 1.34. The van der Waals surface area contributed by atoms with E-state index in [1.807, 2.05) is 0 Å². The molecule has 1 aliphatic rings. The molecule has 0 saturated carbocycles. The average Bonchev–Trinajstić information content (AvgIpc) is 2.17. The van der Waals surface area contributed by atoms with Crippen molar-refractivity contribution in [3.05, 3.63) is 0 Å². The molecule has 8 heteroatoms. The number of hydrogen-bond donors (Lipinski definition) is 2. The van der Waals surface area contributed by atoms with Crippen LogP contribution in [0.15, 0.2) is 0 Å². The van der Waals surface area contributed by atoms with Crippen molar-refractivity contribution >= 4 is 17.1 Å². The van der Waals surface area contributed by atoms with Crippen molar-refractivity contribution < 1.29 is 27.2 Å². The standard InChI is InChI=1S/C7H13NO6S/c1-5(14-15(11)12)6-4-8(7(9)10)2-3-13-6/h5-6,15H,2-4H2,1H3,(H,9,10)/t5?,6-/m1/s1. The van der Waals surface area contributed by atoms with Gasteiger partial charge in [0.05, 0.1) is 13.2 Å². The maximum absolute atomic E-state index is 10.7. The third-order valence-electron chi connectivity index (χ3n) is 2.14. The van der Waals surface area contributed by atoms with E-state index in [2.05, 4.69) is 4.18 Å². The van der Waals surface area contributed by atoms with Crippen LogP contribution >= 0.6 is 0 Å². The molecule has 2 atom stereocenters. The number of hydrogen-bond acceptors (Lipinski definition) is 5. The summed E-state index contributed by atoms with van der Waals surface area (Å²) in [7, 11) is -2.94. The molecule has 1 unspecified atom stereocenters. The zero-order valence-corrected chi connectivity index (χ0v) is 9.05. The van der Waals surface area contributed by atoms with E-state index in [1.165, 1.54) is 11.8 Å². The van der Waals surface area contributed by atoms with E-state index in [0.29, 0.717) is 6.54 Å². The number of rotatable bonds is 3. The Labute approximate surface area is 88.7 Å². The Bertz CT molecular complexity index is 296. The molecule has 0 aromatic carbocycles. The van der Waals surface area contributed by atoms with Gasteiger partial charge in [-0.3, -0.25) is 4.18 Å². The Kier molecular flexibility index (Phi) is 4.30. The number of morpholine rings is 1. The Balaban J connectivity index is 2.51. The summed E-state index contributed by atoms with van der Waals surface area (Å²) in [4.78, 5) is 11.8. The molecule has 1 saturated heterocycles. The largest absolute Gasteiger partial charge is 0.465 e. The molecule has 1 aliphatic heterocycles. The maximum Gasteiger partial charge on any atom is 0.407 e. The molecule has 15 heavy (non-hydrogen) atoms. The summed E-state index contributed by atoms with van der Waals surface area (Å²) in [5.74, 6) is 0. The van der Waals surface area contributed by atoms with Crippen molar-refractivity contribution in [1.29, 1.82) is 0 Å². The van der Waals surface area contributed by atoms with E-state index >= 15 is 0 Å². The van der Waals surface area contributed by atoms with Gasteiger partial charge in [0.15, 0.2) is 0 Å². The predicted octanol–water partition coefficient (Wildman–Crippen LogP) is -0.703. The molecule has 7 nitrogen and oxygen atoms in total. The first-order valence-corrected chi connectivity index (χ1v) is 5.51. The number of nitrogens with zero attached hydrogens (tertiary/aromatic N) is 1. The minimum atomic E-state index is -2.94. The van der Waals surface area contributed by atoms with Crippen LogP contribution in [-0.2, 0) is 19.9 Å². The summed E-state index contributed by atoms with van der Waals surface area (Å²) in [6.07, 6.45) is -2.25. The van der Waals surface area contributed by atoms with Gasteiger partial charge in [-0.05, 0) is 6.92 Å². The highest BCUT2D eigenvalue weighted by Crippen LogP contribution is 2.11. The summed E-state index contributed by atoms with van der Waals surface area (Å²) < 4.78 is 30.3. The van der Waals surface area contributed by atoms with Gasteiger partial charge in [0.1, 0.15) is 12.2 Å². The highest BCUT2D eigenvalue weighted by molar-refractivity contribution is 7.67. The van der Waals surface area contributed by atoms with Crippen LogP contribution in [0.5, 0.6) is 0 Å². The number of amides is 1. The van der Waals surface area contributed by atoms with Crippen LogP contribution in [0.2, 0.25) is 0 Å². The average molecular weight is 239 g/mol. The van der Waals surface area contributed by atoms with Gasteiger partial charge in [-0.2, -0.15) is 0 Å². The summed E-state index contributed by atoms with van der Waals surface area (Å²) >= 11 is 0. The van der Waals surface area contributed by atoms with Crippen LogP contribution in [0, 0.1) is 0 Å². The monoisotopic (exact) mass is 239 g/mol. The Morgan fingerprint density at radius 1 is 1.67 bits per heavy atom. The van der Waals surface area contributed by atoms with Crippen molar-refractivity contribution in [1.82, 2.24) is 4.90 Å². The summed E-state index contributed by atoms with van der Waals surface area (Å²) in [6, 6.07) is 0. The first-order valence-electron chi connectivity index (χ1n) is 4.41. The lowest BCUT2D eigenvalue weighted by atomic mass is 10.2. The molecule has 0 aromatic heterocycles. The molecule has 1 heterocycles. The third kappa shape index (κ3) is 3.65. The van der Waals surface area contributed by atoms with Crippen molar-refractivity contribution in [2.24, 2.45) is 0 Å². The van der Waals surface area contributed by atoms with Gasteiger partial charge in [0, 0.05) is 6.54 Å². The van der Waals surface area contributed by atoms with Gasteiger partial charge in [0.25, 0.3) is 11.0 Å². The predicted molar refractivity (Wildman–Crippen MR) is 50.2 cm³/mol. The lowest BCUT2D eigenvalue weighted by molar-refractivity contribution is -0.0660. The molecule has 88 valence electrons. The fourth-order valence-corrected chi connectivity index (χ4v) is 1.74. The van der Waals surface area contributed by atoms with Gasteiger partial charge in [-0.25, -0.2) is 13.2 Å². The van der Waals surface area contributed by atoms with Crippen LogP contribution in [0.3, 0.4) is 0 Å². The van der Waals surface area contributed by atoms with E-state index < -0.39 is 29.3 Å². The van der Waals surface area contributed by atoms with E-state index in [4.69, 9.17) is 9.84 Å². The summed E-state index contributed by atoms with van der Waals surface area (Å²) in [6.45, 7) is 2.20. The quantitative estimate of drug-likeness (QED) is 0.632. The molecular weight excluding hydrogens is 226 g/mol. The Morgan fingerprint density at radius 2 is 2.33 bits per heavy atom. The highest BCUT2D eigenvalue weighted by Gasteiger charge is 2.28. The van der Waals surface area contributed by atoms with Gasteiger partial charge in [-0.1, -0.05) is 0 Å². The van der Waals surface area contributed by atoms with E-state index in [9.17, 15) is 13.2 Å². The lowest BCUT2D eigenvalue weighted by Gasteiger charge is -2.33. The molecular formula is C7H13NO6S. The van der Waals surface area contributed by atoms with Gasteiger partial charge in [0.2, 0.25) is 0 Å². The fraction of sp³-hybridized carbons (Fsp3) is 0.857. The second-order valence-corrected chi connectivity index (χ2v) is 3.83. The third-order valence-corrected chi connectivity index (χ3v) is 2.64. The Hall–Kier alpha value is -0.860. The first kappa shape index (κ1) is 12.2. The maximum atomic E-state index is 10.7. The smallest absolute Gasteiger partial charge is 0.407 e. The molecule has 0 aromatic rings. The van der Waals surface area contributed by atoms with Crippen molar-refractivity contribution in [3.8, 4) is 0 Å². The second-order valence-electron chi connectivity index (χ2n) is 3.17. The molecule has 0 bridgehead atoms.